The Labute approximate surface area is 111 Å². The molecule has 0 aliphatic carbocycles. The summed E-state index contributed by atoms with van der Waals surface area (Å²) in [5.74, 6) is 0. The van der Waals surface area contributed by atoms with E-state index in [0.717, 1.165) is 43.5 Å². The lowest BCUT2D eigenvalue weighted by Crippen LogP contribution is -2.63. The molecule has 2 heterocycles. The molecule has 0 aromatic heterocycles. The van der Waals surface area contributed by atoms with E-state index < -0.39 is 0 Å². The number of carbonyl (C=O) groups is 2. The van der Waals surface area contributed by atoms with Crippen LogP contribution in [0.4, 0.5) is 0 Å². The largest absolute Gasteiger partial charge is 0.332 e. The van der Waals surface area contributed by atoms with Crippen LogP contribution in [0.15, 0.2) is 0 Å². The maximum absolute atomic E-state index is 10.8. The third-order valence-corrected chi connectivity index (χ3v) is 3.55. The van der Waals surface area contributed by atoms with E-state index in [1.165, 1.54) is 0 Å². The van der Waals surface area contributed by atoms with Gasteiger partial charge in [0.1, 0.15) is 0 Å². The van der Waals surface area contributed by atoms with Crippen molar-refractivity contribution >= 4 is 12.8 Å². The zero-order valence-corrected chi connectivity index (χ0v) is 12.4. The van der Waals surface area contributed by atoms with Crippen LogP contribution in [0.2, 0.25) is 0 Å². The number of piperazine rings is 1. The minimum atomic E-state index is 0.173. The van der Waals surface area contributed by atoms with Crippen LogP contribution in [0.1, 0.15) is 27.7 Å². The van der Waals surface area contributed by atoms with Crippen molar-refractivity contribution in [3.8, 4) is 0 Å². The van der Waals surface area contributed by atoms with Crippen molar-refractivity contribution < 1.29 is 14.1 Å². The maximum atomic E-state index is 10.8. The van der Waals surface area contributed by atoms with E-state index in [-0.39, 0.29) is 6.17 Å². The van der Waals surface area contributed by atoms with Crippen molar-refractivity contribution in [2.75, 3.05) is 39.8 Å². The van der Waals surface area contributed by atoms with Gasteiger partial charge >= 0.3 is 0 Å². The molecule has 2 atom stereocenters. The molecule has 2 unspecified atom stereocenters. The van der Waals surface area contributed by atoms with Crippen molar-refractivity contribution in [3.63, 3.8) is 0 Å². The van der Waals surface area contributed by atoms with Crippen LogP contribution in [0.25, 0.3) is 0 Å². The smallest absolute Gasteiger partial charge is 0.214 e. The van der Waals surface area contributed by atoms with Crippen molar-refractivity contribution in [2.45, 2.75) is 33.9 Å². The van der Waals surface area contributed by atoms with Crippen LogP contribution in [0.5, 0.6) is 0 Å². The molecule has 2 amide bonds. The van der Waals surface area contributed by atoms with Gasteiger partial charge in [0.2, 0.25) is 12.8 Å². The summed E-state index contributed by atoms with van der Waals surface area (Å²) >= 11 is 0. The highest BCUT2D eigenvalue weighted by Crippen LogP contribution is 2.24. The van der Waals surface area contributed by atoms with Crippen LogP contribution < -0.4 is 0 Å². The van der Waals surface area contributed by atoms with Gasteiger partial charge in [-0.25, -0.2) is 0 Å². The lowest BCUT2D eigenvalue weighted by molar-refractivity contribution is -0.929. The molecule has 5 heteroatoms. The van der Waals surface area contributed by atoms with Crippen molar-refractivity contribution in [2.24, 2.45) is 0 Å². The summed E-state index contributed by atoms with van der Waals surface area (Å²) < 4.78 is 0.906. The Bertz CT molecular complexity index is 261. The topological polar surface area (TPSA) is 40.6 Å². The predicted octanol–water partition coefficient (Wildman–Crippen LogP) is 0.756. The van der Waals surface area contributed by atoms with Crippen LogP contribution >= 0.6 is 0 Å². The first kappa shape index (κ1) is 16.9. The summed E-state index contributed by atoms with van der Waals surface area (Å²) in [5, 5.41) is 0. The van der Waals surface area contributed by atoms with Crippen LogP contribution in [0, 0.1) is 0 Å². The number of fused-ring (bicyclic) bond motifs is 1. The second-order valence-corrected chi connectivity index (χ2v) is 4.35. The predicted molar refractivity (Wildman–Crippen MR) is 72.8 cm³/mol. The summed E-state index contributed by atoms with van der Waals surface area (Å²) in [6, 6.07) is 0. The molecular weight excluding hydrogens is 230 g/mol. The van der Waals surface area contributed by atoms with E-state index in [0.29, 0.717) is 6.54 Å². The van der Waals surface area contributed by atoms with Gasteiger partial charge in [0.05, 0.1) is 39.8 Å². The van der Waals surface area contributed by atoms with Crippen LogP contribution in [-0.4, -0.2) is 73.0 Å². The zero-order chi connectivity index (χ0) is 14.2. The molecule has 5 nitrogen and oxygen atoms in total. The van der Waals surface area contributed by atoms with E-state index >= 15 is 0 Å². The first-order valence-corrected chi connectivity index (χ1v) is 6.94. The highest BCUT2D eigenvalue weighted by atomic mass is 16.1. The van der Waals surface area contributed by atoms with Gasteiger partial charge in [-0.05, 0) is 0 Å². The molecule has 2 saturated heterocycles. The van der Waals surface area contributed by atoms with Gasteiger partial charge in [-0.2, -0.15) is 0 Å². The highest BCUT2D eigenvalue weighted by Gasteiger charge is 2.46. The Morgan fingerprint density at radius 2 is 1.56 bits per heavy atom. The minimum Gasteiger partial charge on any atom is -0.332 e. The lowest BCUT2D eigenvalue weighted by Gasteiger charge is -2.43. The van der Waals surface area contributed by atoms with Crippen LogP contribution in [-0.2, 0) is 9.59 Å². The fourth-order valence-corrected chi connectivity index (χ4v) is 2.44. The molecule has 0 saturated carbocycles. The Balaban J connectivity index is 0.000000659. The zero-order valence-electron chi connectivity index (χ0n) is 12.4. The van der Waals surface area contributed by atoms with Crippen LogP contribution in [0.3, 0.4) is 0 Å². The summed E-state index contributed by atoms with van der Waals surface area (Å²) in [6.45, 7) is 12.3. The lowest BCUT2D eigenvalue weighted by atomic mass is 10.2. The summed E-state index contributed by atoms with van der Waals surface area (Å²) in [7, 11) is 2.16. The van der Waals surface area contributed by atoms with Gasteiger partial charge in [0.15, 0.2) is 6.17 Å². The number of hydrogen-bond donors (Lipinski definition) is 0. The number of likely N-dealkylation sites (N-methyl/N-ethyl adjacent to an activating group) is 1. The van der Waals surface area contributed by atoms with Gasteiger partial charge in [0.25, 0.3) is 0 Å². The summed E-state index contributed by atoms with van der Waals surface area (Å²) in [4.78, 5) is 25.0. The molecule has 0 radical (unpaired) electrons. The first-order chi connectivity index (χ1) is 8.69. The molecule has 2 aliphatic rings. The van der Waals surface area contributed by atoms with Gasteiger partial charge in [0, 0.05) is 0 Å². The third kappa shape index (κ3) is 3.45. The molecule has 2 aliphatic heterocycles. The average molecular weight is 258 g/mol. The molecule has 2 fully saturated rings. The third-order valence-electron chi connectivity index (χ3n) is 3.55. The quantitative estimate of drug-likeness (QED) is 0.542. The number of amides is 2. The number of nitrogens with zero attached hydrogens (tertiary/aromatic N) is 3. The SMILES string of the molecule is CC.CC.C[N+]12CCN(C=O)CC1N(C=O)CC2. The fourth-order valence-electron chi connectivity index (χ4n) is 2.44. The van der Waals surface area contributed by atoms with Gasteiger partial charge in [-0.3, -0.25) is 14.5 Å². The number of carbonyl (C=O) groups excluding carboxylic acids is 2. The minimum absolute atomic E-state index is 0.173. The van der Waals surface area contributed by atoms with E-state index in [2.05, 4.69) is 7.05 Å². The van der Waals surface area contributed by atoms with Gasteiger partial charge < -0.3 is 9.38 Å². The molecular formula is C13H28N3O2+. The molecule has 106 valence electrons. The van der Waals surface area contributed by atoms with E-state index in [4.69, 9.17) is 0 Å². The Morgan fingerprint density at radius 3 is 2.06 bits per heavy atom. The van der Waals surface area contributed by atoms with Crippen molar-refractivity contribution in [1.82, 2.24) is 9.80 Å². The number of hydrogen-bond acceptors (Lipinski definition) is 2. The normalized spacial score (nSPS) is 29.3. The molecule has 18 heavy (non-hydrogen) atoms. The van der Waals surface area contributed by atoms with E-state index in [1.54, 1.807) is 4.90 Å². The fraction of sp³-hybridized carbons (Fsp3) is 0.846. The van der Waals surface area contributed by atoms with Gasteiger partial charge in [-0.15, -0.1) is 0 Å². The molecule has 2 rings (SSSR count). The molecule has 0 spiro atoms. The molecule has 0 aromatic carbocycles. The van der Waals surface area contributed by atoms with E-state index in [1.807, 2.05) is 32.6 Å². The monoisotopic (exact) mass is 258 g/mol. The molecule has 0 N–H and O–H groups in total. The maximum Gasteiger partial charge on any atom is 0.214 e. The Kier molecular flexibility index (Phi) is 7.59. The standard InChI is InChI=1S/C9H16N3O2.2C2H6/c1-12-4-2-10(7-13)6-9(12)11(8-14)3-5-12;2*1-2/h7-9H,2-6H2,1H3;2*1-2H3/q+1;;. The van der Waals surface area contributed by atoms with E-state index in [9.17, 15) is 9.59 Å². The summed E-state index contributed by atoms with van der Waals surface area (Å²) in [6.07, 6.45) is 1.96. The Hall–Kier alpha value is -1.10. The number of rotatable bonds is 2. The summed E-state index contributed by atoms with van der Waals surface area (Å²) in [5.41, 5.74) is 0. The first-order valence-electron chi connectivity index (χ1n) is 6.94. The average Bonchev–Trinajstić information content (AvgIpc) is 2.79. The highest BCUT2D eigenvalue weighted by molar-refractivity contribution is 5.50. The van der Waals surface area contributed by atoms with Crippen molar-refractivity contribution in [3.05, 3.63) is 0 Å². The second-order valence-electron chi connectivity index (χ2n) is 4.35. The second kappa shape index (κ2) is 8.08. The molecule has 0 bridgehead atoms. The molecule has 0 aromatic rings. The number of quaternary nitrogens is 1. The van der Waals surface area contributed by atoms with Gasteiger partial charge in [-0.1, -0.05) is 27.7 Å². The Morgan fingerprint density at radius 1 is 1.00 bits per heavy atom. The van der Waals surface area contributed by atoms with Crippen molar-refractivity contribution in [1.29, 1.82) is 0 Å².